The molecule has 2 rings (SSSR count). The van der Waals surface area contributed by atoms with Crippen molar-refractivity contribution < 1.29 is 14.1 Å². The summed E-state index contributed by atoms with van der Waals surface area (Å²) in [6.07, 6.45) is 0. The van der Waals surface area contributed by atoms with Crippen molar-refractivity contribution in [2.75, 3.05) is 0 Å². The van der Waals surface area contributed by atoms with E-state index in [2.05, 4.69) is 4.98 Å². The Labute approximate surface area is 108 Å². The smallest absolute Gasteiger partial charge is 0.278 e. The number of nitro benzene ring substituents is 1. The minimum atomic E-state index is -0.665. The summed E-state index contributed by atoms with van der Waals surface area (Å²) < 4.78 is 18.9. The molecule has 1 aromatic heterocycles. The average molecular weight is 262 g/mol. The molecule has 0 aliphatic carbocycles. The predicted molar refractivity (Wildman–Crippen MR) is 66.4 cm³/mol. The average Bonchev–Trinajstić information content (AvgIpc) is 2.37. The number of aromatic nitrogens is 1. The highest BCUT2D eigenvalue weighted by atomic mass is 19.1. The summed E-state index contributed by atoms with van der Waals surface area (Å²) in [7, 11) is 0. The molecule has 0 amide bonds. The van der Waals surface area contributed by atoms with E-state index in [-0.39, 0.29) is 17.9 Å². The van der Waals surface area contributed by atoms with Crippen LogP contribution < -0.4 is 4.74 Å². The molecule has 0 saturated heterocycles. The molecule has 5 nitrogen and oxygen atoms in total. The Hall–Kier alpha value is -2.50. The van der Waals surface area contributed by atoms with E-state index in [0.717, 1.165) is 11.8 Å². The number of pyridine rings is 1. The number of aryl methyl sites for hydroxylation is 1. The molecular weight excluding hydrogens is 251 g/mol. The van der Waals surface area contributed by atoms with Crippen LogP contribution in [-0.2, 0) is 6.61 Å². The summed E-state index contributed by atoms with van der Waals surface area (Å²) in [6, 6.07) is 8.84. The second-order valence-corrected chi connectivity index (χ2v) is 3.90. The first-order valence-electron chi connectivity index (χ1n) is 5.56. The van der Waals surface area contributed by atoms with Crippen molar-refractivity contribution in [3.05, 3.63) is 63.6 Å². The van der Waals surface area contributed by atoms with Gasteiger partial charge < -0.3 is 4.74 Å². The van der Waals surface area contributed by atoms with Crippen molar-refractivity contribution in [2.45, 2.75) is 13.5 Å². The van der Waals surface area contributed by atoms with E-state index in [9.17, 15) is 14.5 Å². The molecule has 0 bridgehead atoms. The SMILES string of the molecule is Cc1cccc(OCc2c(F)cccc2[N+](=O)[O-])n1. The van der Waals surface area contributed by atoms with Gasteiger partial charge in [0.25, 0.3) is 5.69 Å². The molecular formula is C13H11FN2O3. The maximum Gasteiger partial charge on any atom is 0.278 e. The lowest BCUT2D eigenvalue weighted by atomic mass is 10.2. The van der Waals surface area contributed by atoms with Crippen molar-refractivity contribution in [3.63, 3.8) is 0 Å². The van der Waals surface area contributed by atoms with Crippen LogP contribution in [0.4, 0.5) is 10.1 Å². The van der Waals surface area contributed by atoms with E-state index in [1.807, 2.05) is 0 Å². The van der Waals surface area contributed by atoms with Crippen LogP contribution in [0.3, 0.4) is 0 Å². The zero-order valence-electron chi connectivity index (χ0n) is 10.2. The van der Waals surface area contributed by atoms with Gasteiger partial charge in [0.15, 0.2) is 0 Å². The van der Waals surface area contributed by atoms with E-state index >= 15 is 0 Å². The fourth-order valence-electron chi connectivity index (χ4n) is 1.61. The van der Waals surface area contributed by atoms with Crippen molar-refractivity contribution in [2.24, 2.45) is 0 Å². The molecule has 0 radical (unpaired) electrons. The molecule has 1 heterocycles. The van der Waals surface area contributed by atoms with E-state index in [1.54, 1.807) is 25.1 Å². The van der Waals surface area contributed by atoms with Crippen molar-refractivity contribution >= 4 is 5.69 Å². The fourth-order valence-corrected chi connectivity index (χ4v) is 1.61. The number of rotatable bonds is 4. The maximum atomic E-state index is 13.6. The highest BCUT2D eigenvalue weighted by Gasteiger charge is 2.18. The zero-order chi connectivity index (χ0) is 13.8. The maximum absolute atomic E-state index is 13.6. The third-order valence-corrected chi connectivity index (χ3v) is 2.52. The summed E-state index contributed by atoms with van der Waals surface area (Å²) in [5.41, 5.74) is 0.365. The van der Waals surface area contributed by atoms with E-state index in [1.165, 1.54) is 12.1 Å². The highest BCUT2D eigenvalue weighted by Crippen LogP contribution is 2.22. The van der Waals surface area contributed by atoms with Gasteiger partial charge in [-0.3, -0.25) is 10.1 Å². The zero-order valence-corrected chi connectivity index (χ0v) is 10.2. The van der Waals surface area contributed by atoms with Crippen LogP contribution in [0.1, 0.15) is 11.3 Å². The first kappa shape index (κ1) is 12.9. The minimum absolute atomic E-state index is 0.0872. The minimum Gasteiger partial charge on any atom is -0.472 e. The number of hydrogen-bond donors (Lipinski definition) is 0. The van der Waals surface area contributed by atoms with Gasteiger partial charge in [0.2, 0.25) is 5.88 Å². The molecule has 0 aliphatic rings. The van der Waals surface area contributed by atoms with E-state index in [4.69, 9.17) is 4.74 Å². The molecule has 2 aromatic rings. The Kier molecular flexibility index (Phi) is 3.70. The predicted octanol–water partition coefficient (Wildman–Crippen LogP) is 3.02. The summed E-state index contributed by atoms with van der Waals surface area (Å²) in [4.78, 5) is 14.3. The first-order valence-corrected chi connectivity index (χ1v) is 5.56. The molecule has 98 valence electrons. The Bertz CT molecular complexity index is 617. The number of nitro groups is 1. The summed E-state index contributed by atoms with van der Waals surface area (Å²) in [5, 5.41) is 10.8. The molecule has 0 aliphatic heterocycles. The lowest BCUT2D eigenvalue weighted by molar-refractivity contribution is -0.386. The van der Waals surface area contributed by atoms with Crippen LogP contribution in [0.5, 0.6) is 5.88 Å². The van der Waals surface area contributed by atoms with Crippen LogP contribution in [0.25, 0.3) is 0 Å². The van der Waals surface area contributed by atoms with Crippen molar-refractivity contribution in [3.8, 4) is 5.88 Å². The van der Waals surface area contributed by atoms with Crippen LogP contribution in [0.15, 0.2) is 36.4 Å². The second kappa shape index (κ2) is 5.43. The number of ether oxygens (including phenoxy) is 1. The monoisotopic (exact) mass is 262 g/mol. The van der Waals surface area contributed by atoms with Crippen LogP contribution in [0, 0.1) is 22.9 Å². The fraction of sp³-hybridized carbons (Fsp3) is 0.154. The molecule has 1 aromatic carbocycles. The number of nitrogens with zero attached hydrogens (tertiary/aromatic N) is 2. The van der Waals surface area contributed by atoms with Gasteiger partial charge in [-0.05, 0) is 19.1 Å². The van der Waals surface area contributed by atoms with Gasteiger partial charge in [0.05, 0.1) is 4.92 Å². The molecule has 0 atom stereocenters. The topological polar surface area (TPSA) is 65.3 Å². The van der Waals surface area contributed by atoms with E-state index in [0.29, 0.717) is 5.88 Å². The summed E-state index contributed by atoms with van der Waals surface area (Å²) >= 11 is 0. The van der Waals surface area contributed by atoms with Gasteiger partial charge in [0.1, 0.15) is 18.0 Å². The Morgan fingerprint density at radius 1 is 1.32 bits per heavy atom. The van der Waals surface area contributed by atoms with Gasteiger partial charge in [-0.2, -0.15) is 0 Å². The normalized spacial score (nSPS) is 10.2. The second-order valence-electron chi connectivity index (χ2n) is 3.90. The summed E-state index contributed by atoms with van der Waals surface area (Å²) in [6.45, 7) is 1.55. The third kappa shape index (κ3) is 3.04. The van der Waals surface area contributed by atoms with Gasteiger partial charge in [-0.15, -0.1) is 0 Å². The number of benzene rings is 1. The molecule has 0 saturated carbocycles. The number of hydrogen-bond acceptors (Lipinski definition) is 4. The van der Waals surface area contributed by atoms with Gasteiger partial charge >= 0.3 is 0 Å². The molecule has 19 heavy (non-hydrogen) atoms. The van der Waals surface area contributed by atoms with Crippen LogP contribution in [-0.4, -0.2) is 9.91 Å². The highest BCUT2D eigenvalue weighted by molar-refractivity contribution is 5.40. The van der Waals surface area contributed by atoms with Gasteiger partial charge in [-0.25, -0.2) is 9.37 Å². The molecule has 0 unspecified atom stereocenters. The molecule has 0 spiro atoms. The van der Waals surface area contributed by atoms with Crippen LogP contribution >= 0.6 is 0 Å². The number of halogens is 1. The lowest BCUT2D eigenvalue weighted by Gasteiger charge is -2.07. The summed E-state index contributed by atoms with van der Waals surface area (Å²) in [5.74, 6) is -0.362. The van der Waals surface area contributed by atoms with E-state index < -0.39 is 10.7 Å². The van der Waals surface area contributed by atoms with Gasteiger partial charge in [0, 0.05) is 17.8 Å². The Morgan fingerprint density at radius 3 is 2.74 bits per heavy atom. The van der Waals surface area contributed by atoms with Crippen molar-refractivity contribution in [1.82, 2.24) is 4.98 Å². The van der Waals surface area contributed by atoms with Gasteiger partial charge in [-0.1, -0.05) is 12.1 Å². The standard InChI is InChI=1S/C13H11FN2O3/c1-9-4-2-7-13(15-9)19-8-10-11(14)5-3-6-12(10)16(17)18/h2-7H,8H2,1H3. The Morgan fingerprint density at radius 2 is 2.05 bits per heavy atom. The Balaban J connectivity index is 2.22. The first-order chi connectivity index (χ1) is 9.08. The quantitative estimate of drug-likeness (QED) is 0.627. The molecule has 0 N–H and O–H groups in total. The molecule has 6 heteroatoms. The van der Waals surface area contributed by atoms with Crippen LogP contribution in [0.2, 0.25) is 0 Å². The molecule has 0 fully saturated rings. The van der Waals surface area contributed by atoms with Crippen molar-refractivity contribution in [1.29, 1.82) is 0 Å². The largest absolute Gasteiger partial charge is 0.472 e. The third-order valence-electron chi connectivity index (χ3n) is 2.52. The lowest BCUT2D eigenvalue weighted by Crippen LogP contribution is -2.04.